The molecule has 0 bridgehead atoms. The van der Waals surface area contributed by atoms with Gasteiger partial charge in [0.15, 0.2) is 6.61 Å². The summed E-state index contributed by atoms with van der Waals surface area (Å²) in [6.45, 7) is 1.07. The lowest BCUT2D eigenvalue weighted by molar-refractivity contribution is -0.159. The third kappa shape index (κ3) is 4.52. The first-order valence-electron chi connectivity index (χ1n) is 9.58. The lowest BCUT2D eigenvalue weighted by atomic mass is 9.85. The number of imide groups is 1. The summed E-state index contributed by atoms with van der Waals surface area (Å²) < 4.78 is 18.5. The van der Waals surface area contributed by atoms with Crippen LogP contribution in [0.1, 0.15) is 25.3 Å². The second-order valence-electron chi connectivity index (χ2n) is 7.18. The smallest absolute Gasteiger partial charge is 0.329 e. The number of halogens is 1. The van der Waals surface area contributed by atoms with Crippen LogP contribution in [0.25, 0.3) is 0 Å². The molecule has 0 radical (unpaired) electrons. The number of allylic oxidation sites excluding steroid dienone is 2. The normalized spacial score (nSPS) is 21.7. The maximum atomic E-state index is 13.5. The van der Waals surface area contributed by atoms with E-state index in [1.54, 1.807) is 18.2 Å². The molecule has 1 heterocycles. The first-order valence-corrected chi connectivity index (χ1v) is 9.58. The van der Waals surface area contributed by atoms with Crippen molar-refractivity contribution in [2.24, 2.45) is 11.8 Å². The van der Waals surface area contributed by atoms with E-state index in [1.165, 1.54) is 13.0 Å². The molecule has 3 rings (SSSR count). The molecule has 154 valence electrons. The number of carbonyl (C=O) groups excluding carboxylic acids is 4. The van der Waals surface area contributed by atoms with E-state index in [4.69, 9.17) is 4.74 Å². The Bertz CT molecular complexity index is 827. The zero-order chi connectivity index (χ0) is 21.0. The number of nitrogens with one attached hydrogen (secondary N) is 1. The highest BCUT2D eigenvalue weighted by Crippen LogP contribution is 2.36. The number of rotatable bonds is 7. The Hall–Kier alpha value is -3.03. The predicted octanol–water partition coefficient (Wildman–Crippen LogP) is 1.37. The van der Waals surface area contributed by atoms with Crippen molar-refractivity contribution in [2.45, 2.75) is 32.2 Å². The zero-order valence-corrected chi connectivity index (χ0v) is 16.1. The Morgan fingerprint density at radius 2 is 1.79 bits per heavy atom. The molecule has 0 aromatic heterocycles. The van der Waals surface area contributed by atoms with E-state index in [9.17, 15) is 23.6 Å². The summed E-state index contributed by atoms with van der Waals surface area (Å²) in [7, 11) is 0. The number of ether oxygens (including phenoxy) is 1. The maximum absolute atomic E-state index is 13.5. The predicted molar refractivity (Wildman–Crippen MR) is 101 cm³/mol. The number of nitrogens with zero attached hydrogens (tertiary/aromatic N) is 1. The largest absolute Gasteiger partial charge is 0.454 e. The van der Waals surface area contributed by atoms with Gasteiger partial charge in [-0.15, -0.1) is 0 Å². The third-order valence-electron chi connectivity index (χ3n) is 5.29. The molecule has 0 saturated carbocycles. The van der Waals surface area contributed by atoms with Crippen LogP contribution in [0.3, 0.4) is 0 Å². The fourth-order valence-electron chi connectivity index (χ4n) is 3.66. The summed E-state index contributed by atoms with van der Waals surface area (Å²) in [5.41, 5.74) is 0.473. The fraction of sp³-hybridized carbons (Fsp3) is 0.429. The first kappa shape index (κ1) is 20.7. The summed E-state index contributed by atoms with van der Waals surface area (Å²) >= 11 is 0. The molecule has 1 fully saturated rings. The standard InChI is InChI=1S/C21H23FN2O5/c1-13(24-19(26)15-7-3-4-8-16(15)20(24)27)21(28)29-12-18(25)23-11-10-14-6-2-5-9-17(14)22/h2-6,9,13,15-16H,7-8,10-12H2,1H3,(H,23,25)/t13-,15-,16+/m0/s1. The molecule has 1 N–H and O–H groups in total. The highest BCUT2D eigenvalue weighted by atomic mass is 19.1. The van der Waals surface area contributed by atoms with E-state index < -0.39 is 36.4 Å². The lowest BCUT2D eigenvalue weighted by Crippen LogP contribution is -2.45. The van der Waals surface area contributed by atoms with Gasteiger partial charge < -0.3 is 10.1 Å². The molecule has 0 unspecified atom stereocenters. The number of hydrogen-bond donors (Lipinski definition) is 1. The van der Waals surface area contributed by atoms with Gasteiger partial charge in [0.25, 0.3) is 5.91 Å². The summed E-state index contributed by atoms with van der Waals surface area (Å²) in [6, 6.07) is 5.16. The Morgan fingerprint density at radius 3 is 2.41 bits per heavy atom. The molecule has 7 nitrogen and oxygen atoms in total. The molecule has 3 amide bonds. The summed E-state index contributed by atoms with van der Waals surface area (Å²) in [5, 5.41) is 2.54. The van der Waals surface area contributed by atoms with Crippen molar-refractivity contribution in [2.75, 3.05) is 13.2 Å². The average molecular weight is 402 g/mol. The first-order chi connectivity index (χ1) is 13.9. The summed E-state index contributed by atoms with van der Waals surface area (Å²) in [4.78, 5) is 50.1. The molecule has 1 aromatic rings. The number of esters is 1. The third-order valence-corrected chi connectivity index (χ3v) is 5.29. The zero-order valence-electron chi connectivity index (χ0n) is 16.1. The van der Waals surface area contributed by atoms with E-state index in [0.717, 1.165) is 4.90 Å². The molecule has 2 aliphatic rings. The van der Waals surface area contributed by atoms with Gasteiger partial charge in [-0.05, 0) is 37.8 Å². The molecule has 1 aliphatic carbocycles. The van der Waals surface area contributed by atoms with Gasteiger partial charge in [0.1, 0.15) is 11.9 Å². The van der Waals surface area contributed by atoms with Crippen molar-refractivity contribution in [3.63, 3.8) is 0 Å². The highest BCUT2D eigenvalue weighted by Gasteiger charge is 2.50. The van der Waals surface area contributed by atoms with E-state index in [2.05, 4.69) is 5.32 Å². The van der Waals surface area contributed by atoms with Crippen LogP contribution in [0.2, 0.25) is 0 Å². The number of likely N-dealkylation sites (tertiary alicyclic amines) is 1. The number of amides is 3. The van der Waals surface area contributed by atoms with Crippen molar-refractivity contribution in [1.82, 2.24) is 10.2 Å². The van der Waals surface area contributed by atoms with Gasteiger partial charge in [-0.3, -0.25) is 19.3 Å². The average Bonchev–Trinajstić information content (AvgIpc) is 2.97. The van der Waals surface area contributed by atoms with Gasteiger partial charge in [-0.25, -0.2) is 9.18 Å². The van der Waals surface area contributed by atoms with Gasteiger partial charge >= 0.3 is 5.97 Å². The van der Waals surface area contributed by atoms with Crippen LogP contribution in [0.15, 0.2) is 36.4 Å². The van der Waals surface area contributed by atoms with Crippen molar-refractivity contribution in [3.8, 4) is 0 Å². The van der Waals surface area contributed by atoms with Crippen molar-refractivity contribution in [3.05, 3.63) is 47.8 Å². The SMILES string of the molecule is C[C@@H](C(=O)OCC(=O)NCCc1ccccc1F)N1C(=O)[C@H]2CC=CC[C@H]2C1=O. The Kier molecular flexibility index (Phi) is 6.41. The van der Waals surface area contributed by atoms with E-state index in [-0.39, 0.29) is 24.2 Å². The lowest BCUT2D eigenvalue weighted by Gasteiger charge is -2.21. The molecule has 1 saturated heterocycles. The number of hydrogen-bond acceptors (Lipinski definition) is 5. The summed E-state index contributed by atoms with van der Waals surface area (Å²) in [5.74, 6) is -3.31. The summed E-state index contributed by atoms with van der Waals surface area (Å²) in [6.07, 6.45) is 5.00. The topological polar surface area (TPSA) is 92.8 Å². The monoisotopic (exact) mass is 402 g/mol. The molecular weight excluding hydrogens is 379 g/mol. The van der Waals surface area contributed by atoms with Crippen LogP contribution in [0.5, 0.6) is 0 Å². The van der Waals surface area contributed by atoms with Gasteiger partial charge in [0.2, 0.25) is 11.8 Å². The van der Waals surface area contributed by atoms with Crippen molar-refractivity contribution in [1.29, 1.82) is 0 Å². The van der Waals surface area contributed by atoms with Gasteiger partial charge in [-0.1, -0.05) is 30.4 Å². The second kappa shape index (κ2) is 8.98. The van der Waals surface area contributed by atoms with Crippen LogP contribution in [-0.2, 0) is 30.3 Å². The molecule has 1 aliphatic heterocycles. The van der Waals surface area contributed by atoms with Crippen molar-refractivity contribution < 1.29 is 28.3 Å². The minimum atomic E-state index is -1.09. The number of fused-ring (bicyclic) bond motifs is 1. The minimum absolute atomic E-state index is 0.187. The highest BCUT2D eigenvalue weighted by molar-refractivity contribution is 6.08. The molecule has 3 atom stereocenters. The maximum Gasteiger partial charge on any atom is 0.329 e. The van der Waals surface area contributed by atoms with Crippen LogP contribution in [-0.4, -0.2) is 47.8 Å². The Balaban J connectivity index is 1.45. The molecule has 29 heavy (non-hydrogen) atoms. The van der Waals surface area contributed by atoms with Crippen LogP contribution >= 0.6 is 0 Å². The van der Waals surface area contributed by atoms with Crippen LogP contribution in [0.4, 0.5) is 4.39 Å². The quantitative estimate of drug-likeness (QED) is 0.422. The molecule has 0 spiro atoms. The van der Waals surface area contributed by atoms with Gasteiger partial charge in [0, 0.05) is 6.54 Å². The molecule has 1 aromatic carbocycles. The second-order valence-corrected chi connectivity index (χ2v) is 7.18. The van der Waals surface area contributed by atoms with Crippen molar-refractivity contribution >= 4 is 23.7 Å². The number of carbonyl (C=O) groups is 4. The van der Waals surface area contributed by atoms with Crippen LogP contribution in [0, 0.1) is 17.7 Å². The van der Waals surface area contributed by atoms with Gasteiger partial charge in [0.05, 0.1) is 11.8 Å². The van der Waals surface area contributed by atoms with E-state index in [1.807, 2.05) is 12.2 Å². The molecular formula is C21H23FN2O5. The van der Waals surface area contributed by atoms with Crippen LogP contribution < -0.4 is 5.32 Å². The Labute approximate surface area is 167 Å². The fourth-order valence-corrected chi connectivity index (χ4v) is 3.66. The number of benzene rings is 1. The minimum Gasteiger partial charge on any atom is -0.454 e. The molecule has 8 heteroatoms. The Morgan fingerprint density at radius 1 is 1.17 bits per heavy atom. The van der Waals surface area contributed by atoms with Gasteiger partial charge in [-0.2, -0.15) is 0 Å². The van der Waals surface area contributed by atoms with E-state index in [0.29, 0.717) is 24.8 Å². The van der Waals surface area contributed by atoms with E-state index >= 15 is 0 Å².